The van der Waals surface area contributed by atoms with E-state index < -0.39 is 0 Å². The van der Waals surface area contributed by atoms with Gasteiger partial charge in [-0.1, -0.05) is 13.8 Å². The smallest absolute Gasteiger partial charge is 0.144 e. The van der Waals surface area contributed by atoms with Gasteiger partial charge in [-0.15, -0.1) is 0 Å². The molecule has 0 heterocycles. The molecule has 15 heavy (non-hydrogen) atoms. The first-order chi connectivity index (χ1) is 7.22. The SMILES string of the molecule is CC.COC1=CC(C)=CC(OC)C1OC. The van der Waals surface area contributed by atoms with Crippen molar-refractivity contribution < 1.29 is 14.2 Å². The van der Waals surface area contributed by atoms with Gasteiger partial charge in [0.1, 0.15) is 18.0 Å². The minimum Gasteiger partial charge on any atom is -0.498 e. The van der Waals surface area contributed by atoms with E-state index in [-0.39, 0.29) is 12.2 Å². The van der Waals surface area contributed by atoms with Crippen LogP contribution in [0.15, 0.2) is 23.5 Å². The largest absolute Gasteiger partial charge is 0.498 e. The Labute approximate surface area is 92.7 Å². The maximum Gasteiger partial charge on any atom is 0.144 e. The van der Waals surface area contributed by atoms with E-state index in [1.165, 1.54) is 0 Å². The molecule has 0 saturated carbocycles. The summed E-state index contributed by atoms with van der Waals surface area (Å²) in [5.74, 6) is 0.814. The summed E-state index contributed by atoms with van der Waals surface area (Å²) >= 11 is 0. The summed E-state index contributed by atoms with van der Waals surface area (Å²) < 4.78 is 15.8. The van der Waals surface area contributed by atoms with Gasteiger partial charge in [0.2, 0.25) is 0 Å². The summed E-state index contributed by atoms with van der Waals surface area (Å²) in [6, 6.07) is 0. The van der Waals surface area contributed by atoms with Crippen LogP contribution in [0.3, 0.4) is 0 Å². The van der Waals surface area contributed by atoms with E-state index in [2.05, 4.69) is 0 Å². The van der Waals surface area contributed by atoms with E-state index in [0.717, 1.165) is 11.3 Å². The normalized spacial score (nSPS) is 24.7. The van der Waals surface area contributed by atoms with Crippen molar-refractivity contribution in [3.05, 3.63) is 23.5 Å². The molecule has 0 radical (unpaired) electrons. The van der Waals surface area contributed by atoms with Crippen molar-refractivity contribution >= 4 is 0 Å². The van der Waals surface area contributed by atoms with Crippen molar-refractivity contribution in [3.8, 4) is 0 Å². The molecule has 2 unspecified atom stereocenters. The summed E-state index contributed by atoms with van der Waals surface area (Å²) in [5, 5.41) is 0. The van der Waals surface area contributed by atoms with Crippen molar-refractivity contribution in [2.24, 2.45) is 0 Å². The van der Waals surface area contributed by atoms with Gasteiger partial charge in [-0.2, -0.15) is 0 Å². The van der Waals surface area contributed by atoms with Crippen molar-refractivity contribution in [1.82, 2.24) is 0 Å². The van der Waals surface area contributed by atoms with E-state index in [1.54, 1.807) is 21.3 Å². The Morgan fingerprint density at radius 2 is 1.67 bits per heavy atom. The average molecular weight is 214 g/mol. The van der Waals surface area contributed by atoms with Gasteiger partial charge in [-0.3, -0.25) is 0 Å². The minimum atomic E-state index is -0.126. The lowest BCUT2D eigenvalue weighted by atomic mass is 10.0. The fourth-order valence-electron chi connectivity index (χ4n) is 1.48. The predicted molar refractivity (Wildman–Crippen MR) is 61.8 cm³/mol. The van der Waals surface area contributed by atoms with E-state index in [1.807, 2.05) is 32.9 Å². The molecule has 0 saturated heterocycles. The highest BCUT2D eigenvalue weighted by atomic mass is 16.6. The first kappa shape index (κ1) is 14.2. The Hall–Kier alpha value is -0.800. The molecule has 0 N–H and O–H groups in total. The molecule has 0 aromatic heterocycles. The Morgan fingerprint density at radius 3 is 2.07 bits per heavy atom. The van der Waals surface area contributed by atoms with Crippen LogP contribution in [-0.2, 0) is 14.2 Å². The third-order valence-corrected chi connectivity index (χ3v) is 2.14. The fourth-order valence-corrected chi connectivity index (χ4v) is 1.48. The number of allylic oxidation sites excluding steroid dienone is 2. The summed E-state index contributed by atoms with van der Waals surface area (Å²) in [4.78, 5) is 0. The molecule has 0 aromatic carbocycles. The van der Waals surface area contributed by atoms with E-state index in [9.17, 15) is 0 Å². The Morgan fingerprint density at radius 1 is 1.07 bits per heavy atom. The van der Waals surface area contributed by atoms with Gasteiger partial charge in [0.25, 0.3) is 0 Å². The zero-order valence-electron chi connectivity index (χ0n) is 10.5. The molecule has 1 rings (SSSR count). The van der Waals surface area contributed by atoms with Crippen molar-refractivity contribution in [1.29, 1.82) is 0 Å². The van der Waals surface area contributed by atoms with Crippen LogP contribution in [0, 0.1) is 0 Å². The molecule has 3 nitrogen and oxygen atoms in total. The van der Waals surface area contributed by atoms with Gasteiger partial charge in [0.05, 0.1) is 7.11 Å². The molecular weight excluding hydrogens is 192 g/mol. The molecular formula is C12H22O3. The van der Waals surface area contributed by atoms with E-state index in [0.29, 0.717) is 0 Å². The summed E-state index contributed by atoms with van der Waals surface area (Å²) in [7, 11) is 4.96. The Bertz CT molecular complexity index is 231. The third-order valence-electron chi connectivity index (χ3n) is 2.14. The fraction of sp³-hybridized carbons (Fsp3) is 0.667. The highest BCUT2D eigenvalue weighted by Gasteiger charge is 2.27. The quantitative estimate of drug-likeness (QED) is 0.722. The van der Waals surface area contributed by atoms with Crippen molar-refractivity contribution in [2.75, 3.05) is 21.3 Å². The number of methoxy groups -OCH3 is 3. The van der Waals surface area contributed by atoms with Crippen LogP contribution in [0.1, 0.15) is 20.8 Å². The number of rotatable bonds is 3. The topological polar surface area (TPSA) is 27.7 Å². The predicted octanol–water partition coefficient (Wildman–Crippen LogP) is 2.53. The second-order valence-corrected chi connectivity index (χ2v) is 3.02. The number of hydrogen-bond donors (Lipinski definition) is 0. The zero-order valence-corrected chi connectivity index (χ0v) is 10.5. The monoisotopic (exact) mass is 214 g/mol. The Kier molecular flexibility index (Phi) is 7.09. The van der Waals surface area contributed by atoms with Crippen LogP contribution in [-0.4, -0.2) is 33.5 Å². The molecule has 0 aliphatic heterocycles. The first-order valence-electron chi connectivity index (χ1n) is 5.22. The second kappa shape index (κ2) is 7.49. The van der Waals surface area contributed by atoms with Crippen LogP contribution < -0.4 is 0 Å². The van der Waals surface area contributed by atoms with Gasteiger partial charge in [-0.05, 0) is 24.6 Å². The molecule has 1 aliphatic carbocycles. The summed E-state index contributed by atoms with van der Waals surface area (Å²) in [6.07, 6.45) is 3.81. The molecule has 0 fully saturated rings. The van der Waals surface area contributed by atoms with Crippen molar-refractivity contribution in [2.45, 2.75) is 33.0 Å². The van der Waals surface area contributed by atoms with Gasteiger partial charge >= 0.3 is 0 Å². The first-order valence-corrected chi connectivity index (χ1v) is 5.22. The van der Waals surface area contributed by atoms with Gasteiger partial charge in [-0.25, -0.2) is 0 Å². The molecule has 0 amide bonds. The molecule has 0 bridgehead atoms. The summed E-state index contributed by atoms with van der Waals surface area (Å²) in [5.41, 5.74) is 1.14. The lowest BCUT2D eigenvalue weighted by molar-refractivity contribution is -0.0189. The minimum absolute atomic E-state index is 0.0510. The maximum absolute atomic E-state index is 5.28. The van der Waals surface area contributed by atoms with E-state index in [4.69, 9.17) is 14.2 Å². The van der Waals surface area contributed by atoms with Crippen LogP contribution in [0.5, 0.6) is 0 Å². The molecule has 0 aromatic rings. The Balaban J connectivity index is 0.000000921. The van der Waals surface area contributed by atoms with Crippen LogP contribution >= 0.6 is 0 Å². The van der Waals surface area contributed by atoms with Gasteiger partial charge in [0, 0.05) is 14.2 Å². The average Bonchev–Trinajstić information content (AvgIpc) is 2.30. The number of hydrogen-bond acceptors (Lipinski definition) is 3. The second-order valence-electron chi connectivity index (χ2n) is 3.02. The lowest BCUT2D eigenvalue weighted by Crippen LogP contribution is -2.33. The van der Waals surface area contributed by atoms with Crippen LogP contribution in [0.2, 0.25) is 0 Å². The standard InChI is InChI=1S/C10H16O3.C2H6/c1-7-5-8(11-2)10(13-4)9(6-7)12-3;1-2/h5-6,8,10H,1-4H3;1-2H3. The molecule has 88 valence electrons. The highest BCUT2D eigenvalue weighted by molar-refractivity contribution is 5.29. The molecule has 1 aliphatic rings. The highest BCUT2D eigenvalue weighted by Crippen LogP contribution is 2.22. The molecule has 3 heteroatoms. The van der Waals surface area contributed by atoms with Gasteiger partial charge in [0.15, 0.2) is 0 Å². The van der Waals surface area contributed by atoms with Crippen LogP contribution in [0.25, 0.3) is 0 Å². The maximum atomic E-state index is 5.28. The lowest BCUT2D eigenvalue weighted by Gasteiger charge is -2.27. The van der Waals surface area contributed by atoms with Crippen molar-refractivity contribution in [3.63, 3.8) is 0 Å². The third kappa shape index (κ3) is 3.68. The van der Waals surface area contributed by atoms with Crippen LogP contribution in [0.4, 0.5) is 0 Å². The number of ether oxygens (including phenoxy) is 3. The van der Waals surface area contributed by atoms with Gasteiger partial charge < -0.3 is 14.2 Å². The summed E-state index contributed by atoms with van der Waals surface area (Å²) in [6.45, 7) is 6.01. The molecule has 2 atom stereocenters. The zero-order chi connectivity index (χ0) is 11.8. The molecule has 0 spiro atoms. The van der Waals surface area contributed by atoms with E-state index >= 15 is 0 Å².